The molecule has 0 bridgehead atoms. The summed E-state index contributed by atoms with van der Waals surface area (Å²) in [6.07, 6.45) is 0. The van der Waals surface area contributed by atoms with Crippen LogP contribution in [0.3, 0.4) is 0 Å². The van der Waals surface area contributed by atoms with Crippen molar-refractivity contribution >= 4 is 21.6 Å². The lowest BCUT2D eigenvalue weighted by atomic mass is 10.0. The Hall–Kier alpha value is -3.74. The van der Waals surface area contributed by atoms with Crippen molar-refractivity contribution in [3.05, 3.63) is 120 Å². The van der Waals surface area contributed by atoms with Crippen molar-refractivity contribution in [2.24, 2.45) is 0 Å². The molecule has 1 amide bonds. The fourth-order valence-electron chi connectivity index (χ4n) is 3.34. The van der Waals surface area contributed by atoms with Gasteiger partial charge in [-0.2, -0.15) is 0 Å². The minimum atomic E-state index is -3.61. The second-order valence-electron chi connectivity index (χ2n) is 7.73. The fourth-order valence-corrected chi connectivity index (χ4v) is 4.36. The van der Waals surface area contributed by atoms with Crippen molar-refractivity contribution in [1.29, 1.82) is 0 Å². The first-order chi connectivity index (χ1) is 15.9. The van der Waals surface area contributed by atoms with Crippen molar-refractivity contribution in [2.75, 3.05) is 5.32 Å². The molecule has 0 aliphatic carbocycles. The highest BCUT2D eigenvalue weighted by molar-refractivity contribution is 7.89. The maximum atomic E-state index is 12.6. The summed E-state index contributed by atoms with van der Waals surface area (Å²) in [6, 6.07) is 30.9. The molecule has 0 aromatic heterocycles. The van der Waals surface area contributed by atoms with Crippen LogP contribution in [0.1, 0.15) is 21.5 Å². The third kappa shape index (κ3) is 5.74. The maximum Gasteiger partial charge on any atom is 0.255 e. The van der Waals surface area contributed by atoms with E-state index in [0.717, 1.165) is 27.9 Å². The van der Waals surface area contributed by atoms with Crippen LogP contribution in [0, 0.1) is 6.92 Å². The van der Waals surface area contributed by atoms with E-state index in [1.165, 1.54) is 0 Å². The average molecular weight is 457 g/mol. The number of nitrogens with one attached hydrogen (secondary N) is 2. The first-order valence-electron chi connectivity index (χ1n) is 10.5. The Balaban J connectivity index is 1.42. The van der Waals surface area contributed by atoms with Crippen LogP contribution in [0.15, 0.2) is 108 Å². The summed E-state index contributed by atoms with van der Waals surface area (Å²) in [6.45, 7) is 2.23. The predicted molar refractivity (Wildman–Crippen MR) is 131 cm³/mol. The monoisotopic (exact) mass is 456 g/mol. The van der Waals surface area contributed by atoms with Crippen LogP contribution >= 0.6 is 0 Å². The molecule has 0 radical (unpaired) electrons. The van der Waals surface area contributed by atoms with Crippen LogP contribution in [-0.4, -0.2) is 14.3 Å². The van der Waals surface area contributed by atoms with Gasteiger partial charge in [-0.05, 0) is 60.0 Å². The molecule has 0 saturated carbocycles. The standard InChI is InChI=1S/C27H24N2O3S/c1-20-7-15-25(16-8-20)29-27(30)24-11-9-22(10-12-24)23-13-17-26(18-14-23)33(31,32)28-19-21-5-3-2-4-6-21/h2-18,28H,19H2,1H3,(H,29,30). The van der Waals surface area contributed by atoms with E-state index in [2.05, 4.69) is 10.0 Å². The summed E-state index contributed by atoms with van der Waals surface area (Å²) < 4.78 is 27.8. The number of aryl methyl sites for hydroxylation is 1. The Morgan fingerprint density at radius 2 is 1.30 bits per heavy atom. The van der Waals surface area contributed by atoms with E-state index in [4.69, 9.17) is 0 Å². The zero-order valence-corrected chi connectivity index (χ0v) is 19.0. The van der Waals surface area contributed by atoms with Crippen molar-refractivity contribution in [2.45, 2.75) is 18.4 Å². The molecule has 2 N–H and O–H groups in total. The van der Waals surface area contributed by atoms with Crippen LogP contribution in [0.4, 0.5) is 5.69 Å². The summed E-state index contributed by atoms with van der Waals surface area (Å²) in [5, 5.41) is 2.88. The molecule has 0 heterocycles. The molecule has 4 rings (SSSR count). The maximum absolute atomic E-state index is 12.6. The first-order valence-corrected chi connectivity index (χ1v) is 12.0. The Labute approximate surface area is 194 Å². The van der Waals surface area contributed by atoms with Crippen LogP contribution in [0.5, 0.6) is 0 Å². The van der Waals surface area contributed by atoms with E-state index < -0.39 is 10.0 Å². The number of sulfonamides is 1. The number of carbonyl (C=O) groups excluding carboxylic acids is 1. The third-order valence-corrected chi connectivity index (χ3v) is 6.68. The molecule has 0 fully saturated rings. The van der Waals surface area contributed by atoms with Gasteiger partial charge in [0.05, 0.1) is 4.90 Å². The molecule has 0 atom stereocenters. The molecule has 6 heteroatoms. The summed E-state index contributed by atoms with van der Waals surface area (Å²) in [4.78, 5) is 12.7. The van der Waals surface area contributed by atoms with Crippen molar-refractivity contribution < 1.29 is 13.2 Å². The summed E-state index contributed by atoms with van der Waals surface area (Å²) >= 11 is 0. The second-order valence-corrected chi connectivity index (χ2v) is 9.50. The smallest absolute Gasteiger partial charge is 0.255 e. The lowest BCUT2D eigenvalue weighted by Gasteiger charge is -2.09. The number of carbonyl (C=O) groups is 1. The molecule has 0 unspecified atom stereocenters. The summed E-state index contributed by atoms with van der Waals surface area (Å²) in [5.74, 6) is -0.184. The first kappa shape index (κ1) is 22.5. The van der Waals surface area contributed by atoms with E-state index in [9.17, 15) is 13.2 Å². The van der Waals surface area contributed by atoms with E-state index in [1.54, 1.807) is 36.4 Å². The lowest BCUT2D eigenvalue weighted by molar-refractivity contribution is 0.102. The molecule has 0 saturated heterocycles. The third-order valence-electron chi connectivity index (χ3n) is 5.26. The quantitative estimate of drug-likeness (QED) is 0.391. The average Bonchev–Trinajstić information content (AvgIpc) is 2.85. The van der Waals surface area contributed by atoms with E-state index >= 15 is 0 Å². The zero-order valence-electron chi connectivity index (χ0n) is 18.2. The van der Waals surface area contributed by atoms with Crippen LogP contribution in [0.25, 0.3) is 11.1 Å². The number of anilines is 1. The van der Waals surface area contributed by atoms with Gasteiger partial charge in [0.1, 0.15) is 0 Å². The normalized spacial score (nSPS) is 11.2. The van der Waals surface area contributed by atoms with Gasteiger partial charge < -0.3 is 5.32 Å². The molecular formula is C27H24N2O3S. The Kier molecular flexibility index (Phi) is 6.68. The van der Waals surface area contributed by atoms with Gasteiger partial charge in [0.25, 0.3) is 5.91 Å². The minimum Gasteiger partial charge on any atom is -0.322 e. The van der Waals surface area contributed by atoms with Gasteiger partial charge in [0.2, 0.25) is 10.0 Å². The number of benzene rings is 4. The Morgan fingerprint density at radius 1 is 0.727 bits per heavy atom. The molecule has 0 aliphatic rings. The number of rotatable bonds is 7. The van der Waals surface area contributed by atoms with Crippen molar-refractivity contribution in [1.82, 2.24) is 4.72 Å². The van der Waals surface area contributed by atoms with Crippen molar-refractivity contribution in [3.8, 4) is 11.1 Å². The predicted octanol–water partition coefficient (Wildman–Crippen LogP) is 5.39. The topological polar surface area (TPSA) is 75.3 Å². The molecule has 0 spiro atoms. The van der Waals surface area contributed by atoms with Crippen LogP contribution < -0.4 is 10.0 Å². The second kappa shape index (κ2) is 9.81. The highest BCUT2D eigenvalue weighted by atomic mass is 32.2. The van der Waals surface area contributed by atoms with E-state index in [-0.39, 0.29) is 17.3 Å². The largest absolute Gasteiger partial charge is 0.322 e. The van der Waals surface area contributed by atoms with E-state index in [1.807, 2.05) is 73.7 Å². The van der Waals surface area contributed by atoms with Crippen molar-refractivity contribution in [3.63, 3.8) is 0 Å². The number of hydrogen-bond donors (Lipinski definition) is 2. The van der Waals surface area contributed by atoms with Gasteiger partial charge in [-0.25, -0.2) is 13.1 Å². The van der Waals surface area contributed by atoms with Crippen LogP contribution in [0.2, 0.25) is 0 Å². The van der Waals surface area contributed by atoms with Gasteiger partial charge >= 0.3 is 0 Å². The highest BCUT2D eigenvalue weighted by Crippen LogP contribution is 2.22. The van der Waals surface area contributed by atoms with Gasteiger partial charge in [-0.1, -0.05) is 72.3 Å². The molecule has 5 nitrogen and oxygen atoms in total. The van der Waals surface area contributed by atoms with Gasteiger partial charge in [0.15, 0.2) is 0 Å². The molecule has 166 valence electrons. The molecule has 0 aliphatic heterocycles. The fraction of sp³-hybridized carbons (Fsp3) is 0.0741. The number of amides is 1. The SMILES string of the molecule is Cc1ccc(NC(=O)c2ccc(-c3ccc(S(=O)(=O)NCc4ccccc4)cc3)cc2)cc1. The highest BCUT2D eigenvalue weighted by Gasteiger charge is 2.14. The molecule has 33 heavy (non-hydrogen) atoms. The summed E-state index contributed by atoms with van der Waals surface area (Å²) in [5.41, 5.74) is 5.06. The minimum absolute atomic E-state index is 0.184. The molecule has 4 aromatic rings. The lowest BCUT2D eigenvalue weighted by Crippen LogP contribution is -2.23. The van der Waals surface area contributed by atoms with Gasteiger partial charge in [-0.15, -0.1) is 0 Å². The Morgan fingerprint density at radius 3 is 1.91 bits per heavy atom. The number of hydrogen-bond acceptors (Lipinski definition) is 3. The Bertz CT molecular complexity index is 1330. The van der Waals surface area contributed by atoms with E-state index in [0.29, 0.717) is 5.56 Å². The molecular weight excluding hydrogens is 432 g/mol. The molecule has 4 aromatic carbocycles. The summed E-state index contributed by atoms with van der Waals surface area (Å²) in [7, 11) is -3.61. The van der Waals surface area contributed by atoms with Crippen LogP contribution in [-0.2, 0) is 16.6 Å². The zero-order chi connectivity index (χ0) is 23.3. The van der Waals surface area contributed by atoms with Gasteiger partial charge in [0, 0.05) is 17.8 Å². The van der Waals surface area contributed by atoms with Gasteiger partial charge in [-0.3, -0.25) is 4.79 Å².